The fourth-order valence-electron chi connectivity index (χ4n) is 6.12. The van der Waals surface area contributed by atoms with Crippen LogP contribution in [0.5, 0.6) is 0 Å². The molecule has 2 aliphatic rings. The van der Waals surface area contributed by atoms with E-state index in [9.17, 15) is 5.26 Å². The molecule has 2 fully saturated rings. The van der Waals surface area contributed by atoms with Gasteiger partial charge in [0, 0.05) is 0 Å². The summed E-state index contributed by atoms with van der Waals surface area (Å²) in [6.07, 6.45) is 20.1. The van der Waals surface area contributed by atoms with Gasteiger partial charge in [0.1, 0.15) is 0 Å². The van der Waals surface area contributed by atoms with Crippen LogP contribution < -0.4 is 0 Å². The van der Waals surface area contributed by atoms with E-state index in [1.165, 1.54) is 83.5 Å². The Morgan fingerprint density at radius 1 is 0.800 bits per heavy atom. The van der Waals surface area contributed by atoms with Gasteiger partial charge in [-0.25, -0.2) is 0 Å². The third kappa shape index (κ3) is 5.48. The molecule has 0 bridgehead atoms. The molecule has 1 nitrogen and oxygen atoms in total. The molecule has 25 heavy (non-hydrogen) atoms. The summed E-state index contributed by atoms with van der Waals surface area (Å²) in [5.41, 5.74) is -0.00600. The number of nitriles is 1. The summed E-state index contributed by atoms with van der Waals surface area (Å²) >= 11 is 0. The van der Waals surface area contributed by atoms with Crippen LogP contribution in [0.3, 0.4) is 0 Å². The Morgan fingerprint density at radius 3 is 2.20 bits per heavy atom. The van der Waals surface area contributed by atoms with Crippen molar-refractivity contribution >= 4 is 0 Å². The van der Waals surface area contributed by atoms with Crippen molar-refractivity contribution in [2.24, 2.45) is 29.1 Å². The first-order valence-electron chi connectivity index (χ1n) is 11.6. The first kappa shape index (κ1) is 20.8. The van der Waals surface area contributed by atoms with Crippen molar-refractivity contribution in [1.29, 1.82) is 5.26 Å². The van der Waals surface area contributed by atoms with E-state index in [2.05, 4.69) is 26.8 Å². The van der Waals surface area contributed by atoms with E-state index in [-0.39, 0.29) is 5.41 Å². The second kappa shape index (κ2) is 10.6. The molecule has 0 radical (unpaired) electrons. The summed E-state index contributed by atoms with van der Waals surface area (Å²) in [7, 11) is 0. The summed E-state index contributed by atoms with van der Waals surface area (Å²) < 4.78 is 0. The Labute approximate surface area is 158 Å². The molecule has 0 aromatic carbocycles. The van der Waals surface area contributed by atoms with Gasteiger partial charge in [-0.15, -0.1) is 0 Å². The first-order chi connectivity index (χ1) is 12.2. The van der Waals surface area contributed by atoms with Crippen LogP contribution in [0.15, 0.2) is 0 Å². The van der Waals surface area contributed by atoms with Crippen molar-refractivity contribution in [3.8, 4) is 6.07 Å². The molecule has 1 heteroatoms. The van der Waals surface area contributed by atoms with Crippen LogP contribution in [0.2, 0.25) is 0 Å². The molecule has 0 amide bonds. The minimum atomic E-state index is -0.00600. The van der Waals surface area contributed by atoms with Gasteiger partial charge in [-0.05, 0) is 68.6 Å². The number of fused-ring (bicyclic) bond motifs is 1. The lowest BCUT2D eigenvalue weighted by atomic mass is 9.57. The standard InChI is InChI=1S/C24H43N/c1-4-7-9-16-24(19-25,15-6-3)23-14-13-21-17-20(10-8-5-2)11-12-22(21)18-23/h20-23H,4-18H2,1-3H3/t20-,21-,22-,23+,24?/m0/s1. The number of hydrogen-bond acceptors (Lipinski definition) is 1. The normalized spacial score (nSPS) is 31.8. The zero-order chi connectivity index (χ0) is 18.1. The van der Waals surface area contributed by atoms with E-state index in [0.717, 1.165) is 30.6 Å². The first-order valence-corrected chi connectivity index (χ1v) is 11.6. The van der Waals surface area contributed by atoms with Crippen LogP contribution in [0, 0.1) is 40.4 Å². The van der Waals surface area contributed by atoms with Crippen molar-refractivity contribution in [1.82, 2.24) is 0 Å². The third-order valence-electron chi connectivity index (χ3n) is 7.61. The van der Waals surface area contributed by atoms with Crippen molar-refractivity contribution in [3.05, 3.63) is 0 Å². The van der Waals surface area contributed by atoms with Crippen LogP contribution in [0.1, 0.15) is 117 Å². The van der Waals surface area contributed by atoms with Crippen molar-refractivity contribution in [3.63, 3.8) is 0 Å². The van der Waals surface area contributed by atoms with Gasteiger partial charge in [-0.3, -0.25) is 0 Å². The smallest absolute Gasteiger partial charge is 0.0692 e. The molecule has 5 atom stereocenters. The third-order valence-corrected chi connectivity index (χ3v) is 7.61. The van der Waals surface area contributed by atoms with Gasteiger partial charge >= 0.3 is 0 Å². The Hall–Kier alpha value is -0.510. The van der Waals surface area contributed by atoms with Crippen molar-refractivity contribution in [2.75, 3.05) is 0 Å². The lowest BCUT2D eigenvalue weighted by Gasteiger charge is -2.47. The number of nitrogens with zero attached hydrogens (tertiary/aromatic N) is 1. The molecular weight excluding hydrogens is 302 g/mol. The van der Waals surface area contributed by atoms with E-state index in [1.807, 2.05) is 0 Å². The number of rotatable bonds is 10. The van der Waals surface area contributed by atoms with Gasteiger partial charge in [0.15, 0.2) is 0 Å². The molecule has 2 saturated carbocycles. The summed E-state index contributed by atoms with van der Waals surface area (Å²) in [6, 6.07) is 2.88. The average molecular weight is 346 g/mol. The van der Waals surface area contributed by atoms with E-state index in [0.29, 0.717) is 5.92 Å². The van der Waals surface area contributed by atoms with Gasteiger partial charge in [-0.1, -0.05) is 72.1 Å². The van der Waals surface area contributed by atoms with E-state index < -0.39 is 0 Å². The van der Waals surface area contributed by atoms with Crippen molar-refractivity contribution < 1.29 is 0 Å². The molecule has 2 aliphatic carbocycles. The summed E-state index contributed by atoms with van der Waals surface area (Å²) in [5, 5.41) is 10.1. The molecule has 0 aromatic heterocycles. The highest BCUT2D eigenvalue weighted by atomic mass is 14.5. The molecule has 0 N–H and O–H groups in total. The minimum Gasteiger partial charge on any atom is -0.198 e. The molecule has 2 rings (SSSR count). The molecule has 1 unspecified atom stereocenters. The summed E-state index contributed by atoms with van der Waals surface area (Å²) in [5.74, 6) is 3.62. The highest BCUT2D eigenvalue weighted by molar-refractivity contribution is 5.05. The molecule has 0 aliphatic heterocycles. The Bertz CT molecular complexity index is 409. The second-order valence-corrected chi connectivity index (χ2v) is 9.33. The molecule has 0 saturated heterocycles. The van der Waals surface area contributed by atoms with E-state index >= 15 is 0 Å². The predicted molar refractivity (Wildman–Crippen MR) is 108 cm³/mol. The lowest BCUT2D eigenvalue weighted by molar-refractivity contribution is 0.0437. The SMILES string of the molecule is CCCCCC(C#N)(CCC)[C@@H]1CC[C@H]2C[C@@H](CCCC)CC[C@H]2C1. The Kier molecular flexibility index (Phi) is 8.81. The predicted octanol–water partition coefficient (Wildman–Crippen LogP) is 7.90. The molecular formula is C24H43N. The molecule has 0 heterocycles. The highest BCUT2D eigenvalue weighted by Crippen LogP contribution is 2.52. The van der Waals surface area contributed by atoms with Gasteiger partial charge in [0.25, 0.3) is 0 Å². The maximum atomic E-state index is 10.1. The quantitative estimate of drug-likeness (QED) is 0.369. The summed E-state index contributed by atoms with van der Waals surface area (Å²) in [4.78, 5) is 0. The maximum Gasteiger partial charge on any atom is 0.0692 e. The largest absolute Gasteiger partial charge is 0.198 e. The highest BCUT2D eigenvalue weighted by Gasteiger charge is 2.44. The van der Waals surface area contributed by atoms with E-state index in [1.54, 1.807) is 0 Å². The Balaban J connectivity index is 1.96. The van der Waals surface area contributed by atoms with Crippen molar-refractivity contribution in [2.45, 2.75) is 117 Å². The van der Waals surface area contributed by atoms with Crippen LogP contribution in [-0.4, -0.2) is 0 Å². The monoisotopic (exact) mass is 345 g/mol. The summed E-state index contributed by atoms with van der Waals surface area (Å²) in [6.45, 7) is 6.87. The van der Waals surface area contributed by atoms with Crippen LogP contribution in [0.4, 0.5) is 0 Å². The Morgan fingerprint density at radius 2 is 1.52 bits per heavy atom. The number of hydrogen-bond donors (Lipinski definition) is 0. The minimum absolute atomic E-state index is 0.00600. The number of unbranched alkanes of at least 4 members (excludes halogenated alkanes) is 3. The fraction of sp³-hybridized carbons (Fsp3) is 0.958. The zero-order valence-corrected chi connectivity index (χ0v) is 17.4. The second-order valence-electron chi connectivity index (χ2n) is 9.33. The molecule has 0 aromatic rings. The average Bonchev–Trinajstić information content (AvgIpc) is 2.65. The van der Waals surface area contributed by atoms with E-state index in [4.69, 9.17) is 0 Å². The van der Waals surface area contributed by atoms with Gasteiger partial charge in [0.2, 0.25) is 0 Å². The molecule has 0 spiro atoms. The van der Waals surface area contributed by atoms with Gasteiger partial charge in [0.05, 0.1) is 11.5 Å². The fourth-order valence-corrected chi connectivity index (χ4v) is 6.12. The van der Waals surface area contributed by atoms with Gasteiger partial charge in [-0.2, -0.15) is 5.26 Å². The molecule has 144 valence electrons. The topological polar surface area (TPSA) is 23.8 Å². The van der Waals surface area contributed by atoms with Gasteiger partial charge < -0.3 is 0 Å². The maximum absolute atomic E-state index is 10.1. The lowest BCUT2D eigenvalue weighted by Crippen LogP contribution is -2.38. The van der Waals surface area contributed by atoms with Crippen LogP contribution in [-0.2, 0) is 0 Å². The zero-order valence-electron chi connectivity index (χ0n) is 17.4. The van der Waals surface area contributed by atoms with Crippen LogP contribution in [0.25, 0.3) is 0 Å². The van der Waals surface area contributed by atoms with Crippen LogP contribution >= 0.6 is 0 Å².